The van der Waals surface area contributed by atoms with Crippen LogP contribution in [0.5, 0.6) is 5.75 Å². The molecular weight excluding hydrogens is 312 g/mol. The standard InChI is InChI=1S/C17H26N2O5/c1-17(2,16(21)19(9-11-22-3)10-12-23-4)24-14-7-5-13(6-8-14)15(18)20/h5-8H,9-12H2,1-4H3,(H2,18,20). The number of nitrogens with zero attached hydrogens (tertiary/aromatic N) is 1. The molecule has 2 amide bonds. The zero-order chi connectivity index (χ0) is 18.2. The zero-order valence-corrected chi connectivity index (χ0v) is 14.7. The lowest BCUT2D eigenvalue weighted by molar-refractivity contribution is -0.146. The predicted molar refractivity (Wildman–Crippen MR) is 90.0 cm³/mol. The molecule has 134 valence electrons. The van der Waals surface area contributed by atoms with E-state index < -0.39 is 11.5 Å². The first-order valence-corrected chi connectivity index (χ1v) is 7.68. The van der Waals surface area contributed by atoms with Crippen molar-refractivity contribution >= 4 is 11.8 Å². The van der Waals surface area contributed by atoms with E-state index in [1.807, 2.05) is 0 Å². The Bertz CT molecular complexity index is 534. The summed E-state index contributed by atoms with van der Waals surface area (Å²) < 4.78 is 15.9. The number of primary amides is 1. The van der Waals surface area contributed by atoms with E-state index in [-0.39, 0.29) is 5.91 Å². The van der Waals surface area contributed by atoms with Crippen LogP contribution in [0.25, 0.3) is 0 Å². The first-order chi connectivity index (χ1) is 11.3. The number of hydrogen-bond donors (Lipinski definition) is 1. The molecule has 0 saturated heterocycles. The Morgan fingerprint density at radius 2 is 1.54 bits per heavy atom. The molecule has 0 aliphatic carbocycles. The highest BCUT2D eigenvalue weighted by Gasteiger charge is 2.34. The second-order valence-electron chi connectivity index (χ2n) is 5.78. The highest BCUT2D eigenvalue weighted by Crippen LogP contribution is 2.21. The molecule has 1 rings (SSSR count). The quantitative estimate of drug-likeness (QED) is 0.689. The van der Waals surface area contributed by atoms with Gasteiger partial charge in [0.05, 0.1) is 13.2 Å². The van der Waals surface area contributed by atoms with E-state index in [1.165, 1.54) is 0 Å². The van der Waals surface area contributed by atoms with Gasteiger partial charge in [0.1, 0.15) is 5.75 Å². The van der Waals surface area contributed by atoms with Gasteiger partial charge in [-0.3, -0.25) is 9.59 Å². The van der Waals surface area contributed by atoms with Crippen LogP contribution in [0.1, 0.15) is 24.2 Å². The molecule has 0 bridgehead atoms. The van der Waals surface area contributed by atoms with Crippen LogP contribution < -0.4 is 10.5 Å². The van der Waals surface area contributed by atoms with Crippen LogP contribution in [0.4, 0.5) is 0 Å². The molecular formula is C17H26N2O5. The Hall–Kier alpha value is -2.12. The molecule has 7 heteroatoms. The predicted octanol–water partition coefficient (Wildman–Crippen LogP) is 1.06. The van der Waals surface area contributed by atoms with Gasteiger partial charge in [-0.15, -0.1) is 0 Å². The molecule has 0 spiro atoms. The van der Waals surface area contributed by atoms with E-state index in [4.69, 9.17) is 19.9 Å². The van der Waals surface area contributed by atoms with Gasteiger partial charge in [-0.2, -0.15) is 0 Å². The van der Waals surface area contributed by atoms with Crippen LogP contribution in [0, 0.1) is 0 Å². The Balaban J connectivity index is 2.82. The maximum atomic E-state index is 12.8. The average Bonchev–Trinajstić information content (AvgIpc) is 2.54. The van der Waals surface area contributed by atoms with Crippen molar-refractivity contribution in [1.29, 1.82) is 0 Å². The van der Waals surface area contributed by atoms with E-state index in [0.717, 1.165) is 0 Å². The molecule has 0 radical (unpaired) electrons. The minimum atomic E-state index is -1.07. The van der Waals surface area contributed by atoms with Crippen LogP contribution in [-0.4, -0.2) is 62.8 Å². The van der Waals surface area contributed by atoms with Gasteiger partial charge in [0.2, 0.25) is 5.91 Å². The molecule has 7 nitrogen and oxygen atoms in total. The molecule has 2 N–H and O–H groups in total. The summed E-state index contributed by atoms with van der Waals surface area (Å²) in [5, 5.41) is 0. The van der Waals surface area contributed by atoms with E-state index in [0.29, 0.717) is 37.6 Å². The number of amides is 2. The number of rotatable bonds is 10. The number of ether oxygens (including phenoxy) is 3. The number of carbonyl (C=O) groups is 2. The van der Waals surface area contributed by atoms with Crippen LogP contribution in [-0.2, 0) is 14.3 Å². The summed E-state index contributed by atoms with van der Waals surface area (Å²) in [6.07, 6.45) is 0. The first-order valence-electron chi connectivity index (χ1n) is 7.68. The summed E-state index contributed by atoms with van der Waals surface area (Å²) >= 11 is 0. The van der Waals surface area contributed by atoms with Gasteiger partial charge < -0.3 is 24.8 Å². The van der Waals surface area contributed by atoms with Gasteiger partial charge in [-0.05, 0) is 38.1 Å². The first kappa shape index (κ1) is 19.9. The lowest BCUT2D eigenvalue weighted by Gasteiger charge is -2.32. The van der Waals surface area contributed by atoms with E-state index in [2.05, 4.69) is 0 Å². The van der Waals surface area contributed by atoms with E-state index in [1.54, 1.807) is 57.2 Å². The van der Waals surface area contributed by atoms with Gasteiger partial charge in [0.15, 0.2) is 5.60 Å². The fraction of sp³-hybridized carbons (Fsp3) is 0.529. The Labute approximate surface area is 142 Å². The lowest BCUT2D eigenvalue weighted by atomic mass is 10.1. The van der Waals surface area contributed by atoms with Crippen molar-refractivity contribution < 1.29 is 23.8 Å². The van der Waals surface area contributed by atoms with Crippen molar-refractivity contribution in [1.82, 2.24) is 4.90 Å². The van der Waals surface area contributed by atoms with Crippen LogP contribution in [0.3, 0.4) is 0 Å². The molecule has 1 aromatic carbocycles. The van der Waals surface area contributed by atoms with Gasteiger partial charge in [0.25, 0.3) is 5.91 Å². The van der Waals surface area contributed by atoms with Crippen molar-refractivity contribution in [2.75, 3.05) is 40.5 Å². The van der Waals surface area contributed by atoms with Gasteiger partial charge in [0, 0.05) is 32.9 Å². The number of hydrogen-bond acceptors (Lipinski definition) is 5. The third kappa shape index (κ3) is 5.82. The van der Waals surface area contributed by atoms with Gasteiger partial charge in [-0.25, -0.2) is 0 Å². The van der Waals surface area contributed by atoms with Gasteiger partial charge in [-0.1, -0.05) is 0 Å². The highest BCUT2D eigenvalue weighted by molar-refractivity contribution is 5.92. The van der Waals surface area contributed by atoms with Crippen molar-refractivity contribution in [3.05, 3.63) is 29.8 Å². The van der Waals surface area contributed by atoms with Crippen LogP contribution in [0.15, 0.2) is 24.3 Å². The molecule has 0 saturated carbocycles. The molecule has 24 heavy (non-hydrogen) atoms. The third-order valence-corrected chi connectivity index (χ3v) is 3.44. The number of benzene rings is 1. The maximum Gasteiger partial charge on any atom is 0.266 e. The highest BCUT2D eigenvalue weighted by atomic mass is 16.5. The smallest absolute Gasteiger partial charge is 0.266 e. The Morgan fingerprint density at radius 3 is 1.96 bits per heavy atom. The SMILES string of the molecule is COCCN(CCOC)C(=O)C(C)(C)Oc1ccc(C(N)=O)cc1. The largest absolute Gasteiger partial charge is 0.478 e. The summed E-state index contributed by atoms with van der Waals surface area (Å²) in [6.45, 7) is 5.16. The Kier molecular flexibility index (Phi) is 7.67. The zero-order valence-electron chi connectivity index (χ0n) is 14.7. The van der Waals surface area contributed by atoms with Crippen molar-refractivity contribution in [3.63, 3.8) is 0 Å². The normalized spacial score (nSPS) is 11.2. The number of nitrogens with two attached hydrogens (primary N) is 1. The summed E-state index contributed by atoms with van der Waals surface area (Å²) in [6, 6.07) is 6.35. The van der Waals surface area contributed by atoms with Crippen LogP contribution in [0.2, 0.25) is 0 Å². The minimum absolute atomic E-state index is 0.171. The number of carbonyl (C=O) groups excluding carboxylic acids is 2. The molecule has 0 atom stereocenters. The van der Waals surface area contributed by atoms with Crippen molar-refractivity contribution in [2.24, 2.45) is 5.73 Å². The molecule has 0 fully saturated rings. The second kappa shape index (κ2) is 9.24. The maximum absolute atomic E-state index is 12.8. The summed E-state index contributed by atoms with van der Waals surface area (Å²) in [4.78, 5) is 25.5. The number of methoxy groups -OCH3 is 2. The molecule has 0 aromatic heterocycles. The summed E-state index contributed by atoms with van der Waals surface area (Å²) in [5.74, 6) is -0.199. The molecule has 0 heterocycles. The third-order valence-electron chi connectivity index (χ3n) is 3.44. The topological polar surface area (TPSA) is 91.1 Å². The second-order valence-corrected chi connectivity index (χ2v) is 5.78. The monoisotopic (exact) mass is 338 g/mol. The lowest BCUT2D eigenvalue weighted by Crippen LogP contribution is -2.50. The molecule has 0 unspecified atom stereocenters. The van der Waals surface area contributed by atoms with E-state index >= 15 is 0 Å². The van der Waals surface area contributed by atoms with Crippen molar-refractivity contribution in [2.45, 2.75) is 19.4 Å². The van der Waals surface area contributed by atoms with Gasteiger partial charge >= 0.3 is 0 Å². The van der Waals surface area contributed by atoms with E-state index in [9.17, 15) is 9.59 Å². The van der Waals surface area contributed by atoms with Crippen molar-refractivity contribution in [3.8, 4) is 5.75 Å². The van der Waals surface area contributed by atoms with Crippen LogP contribution >= 0.6 is 0 Å². The minimum Gasteiger partial charge on any atom is -0.478 e. The fourth-order valence-electron chi connectivity index (χ4n) is 2.12. The molecule has 0 aliphatic heterocycles. The molecule has 1 aromatic rings. The molecule has 0 aliphatic rings. The Morgan fingerprint density at radius 1 is 1.04 bits per heavy atom. The average molecular weight is 338 g/mol. The summed E-state index contributed by atoms with van der Waals surface area (Å²) in [5.41, 5.74) is 4.52. The summed E-state index contributed by atoms with van der Waals surface area (Å²) in [7, 11) is 3.17. The fourth-order valence-corrected chi connectivity index (χ4v) is 2.12.